The molecule has 0 spiro atoms. The van der Waals surface area contributed by atoms with E-state index < -0.39 is 0 Å². The number of fused-ring (bicyclic) bond motifs is 3. The van der Waals surface area contributed by atoms with Crippen LogP contribution in [0.25, 0.3) is 10.9 Å². The molecule has 1 aromatic heterocycles. The number of carbonyl (C=O) groups excluding carboxylic acids is 1. The largest absolute Gasteiger partial charge is 0.385 e. The van der Waals surface area contributed by atoms with E-state index in [1.807, 2.05) is 47.4 Å². The van der Waals surface area contributed by atoms with Crippen LogP contribution in [0.1, 0.15) is 36.2 Å². The number of benzene rings is 2. The average molecular weight is 419 g/mol. The molecule has 0 fully saturated rings. The van der Waals surface area contributed by atoms with E-state index in [-0.39, 0.29) is 6.04 Å². The second kappa shape index (κ2) is 9.46. The van der Waals surface area contributed by atoms with Crippen molar-refractivity contribution in [2.45, 2.75) is 25.8 Å². The monoisotopic (exact) mass is 418 g/mol. The minimum Gasteiger partial charge on any atom is -0.385 e. The zero-order valence-electron chi connectivity index (χ0n) is 16.0. The highest BCUT2D eigenvalue weighted by Crippen LogP contribution is 2.38. The van der Waals surface area contributed by atoms with Crippen LogP contribution in [0.2, 0.25) is 10.0 Å². The van der Waals surface area contributed by atoms with Crippen LogP contribution in [0, 0.1) is 0 Å². The van der Waals surface area contributed by atoms with Gasteiger partial charge in [0, 0.05) is 46.9 Å². The maximum Gasteiger partial charge on any atom is 0.210 e. The molecule has 3 aromatic rings. The van der Waals surface area contributed by atoms with Crippen molar-refractivity contribution < 1.29 is 9.53 Å². The van der Waals surface area contributed by atoms with Crippen molar-refractivity contribution in [2.24, 2.45) is 0 Å². The van der Waals surface area contributed by atoms with Gasteiger partial charge in [0.2, 0.25) is 6.41 Å². The molecule has 1 amide bonds. The maximum absolute atomic E-state index is 11.6. The molecule has 1 aliphatic heterocycles. The Morgan fingerprint density at radius 3 is 2.64 bits per heavy atom. The second-order valence-electron chi connectivity index (χ2n) is 6.75. The van der Waals surface area contributed by atoms with Crippen LogP contribution in [-0.2, 0) is 16.0 Å². The molecule has 1 N–H and O–H groups in total. The summed E-state index contributed by atoms with van der Waals surface area (Å²) in [7, 11) is 1.71. The average Bonchev–Trinajstić information content (AvgIpc) is 3.06. The van der Waals surface area contributed by atoms with Crippen molar-refractivity contribution in [1.29, 1.82) is 0 Å². The van der Waals surface area contributed by atoms with Gasteiger partial charge >= 0.3 is 0 Å². The summed E-state index contributed by atoms with van der Waals surface area (Å²) in [6.07, 6.45) is 2.84. The summed E-state index contributed by atoms with van der Waals surface area (Å²) in [5, 5.41) is 2.51. The summed E-state index contributed by atoms with van der Waals surface area (Å²) in [4.78, 5) is 16.8. The van der Waals surface area contributed by atoms with Crippen LogP contribution >= 0.6 is 23.2 Å². The van der Waals surface area contributed by atoms with Crippen LogP contribution in [0.15, 0.2) is 42.5 Å². The number of carbonyl (C=O) groups is 1. The van der Waals surface area contributed by atoms with E-state index in [0.717, 1.165) is 53.0 Å². The Morgan fingerprint density at radius 1 is 1.21 bits per heavy atom. The molecule has 1 unspecified atom stereocenters. The summed E-state index contributed by atoms with van der Waals surface area (Å²) in [5.74, 6) is 0. The zero-order valence-corrected chi connectivity index (χ0v) is 17.6. The Hall–Kier alpha value is -2.01. The van der Waals surface area contributed by atoms with Crippen molar-refractivity contribution in [3.8, 4) is 0 Å². The van der Waals surface area contributed by atoms with E-state index in [4.69, 9.17) is 27.9 Å². The van der Waals surface area contributed by atoms with Crippen LogP contribution in [0.4, 0.5) is 0 Å². The van der Waals surface area contributed by atoms with Gasteiger partial charge in [0.25, 0.3) is 0 Å². The van der Waals surface area contributed by atoms with Gasteiger partial charge < -0.3 is 14.6 Å². The number of ether oxygens (including phenoxy) is 1. The third-order valence-electron chi connectivity index (χ3n) is 4.83. The molecule has 0 saturated carbocycles. The first-order valence-corrected chi connectivity index (χ1v) is 10.1. The lowest BCUT2D eigenvalue weighted by atomic mass is 9.93. The van der Waals surface area contributed by atoms with Crippen LogP contribution < -0.4 is 0 Å². The first-order chi connectivity index (χ1) is 13.6. The minimum atomic E-state index is -0.152. The van der Waals surface area contributed by atoms with Gasteiger partial charge in [-0.05, 0) is 54.3 Å². The summed E-state index contributed by atoms with van der Waals surface area (Å²) >= 11 is 12.3. The van der Waals surface area contributed by atoms with Crippen LogP contribution in [0.3, 0.4) is 0 Å². The van der Waals surface area contributed by atoms with Crippen molar-refractivity contribution in [1.82, 2.24) is 9.88 Å². The number of nitrogens with zero attached hydrogens (tertiary/aromatic N) is 1. The zero-order chi connectivity index (χ0) is 20.1. The highest BCUT2D eigenvalue weighted by molar-refractivity contribution is 6.31. The van der Waals surface area contributed by atoms with Gasteiger partial charge in [-0.15, -0.1) is 0 Å². The van der Waals surface area contributed by atoms with Crippen LogP contribution in [0.5, 0.6) is 0 Å². The Balaban J connectivity index is 0.000000403. The lowest BCUT2D eigenvalue weighted by Gasteiger charge is -2.33. The third kappa shape index (κ3) is 4.35. The number of aromatic amines is 1. The topological polar surface area (TPSA) is 45.3 Å². The number of halogens is 2. The maximum atomic E-state index is 11.6. The molecule has 0 radical (unpaired) electrons. The third-order valence-corrected chi connectivity index (χ3v) is 5.30. The van der Waals surface area contributed by atoms with Crippen molar-refractivity contribution in [3.63, 3.8) is 0 Å². The lowest BCUT2D eigenvalue weighted by Crippen LogP contribution is -2.34. The van der Waals surface area contributed by atoms with E-state index >= 15 is 0 Å². The van der Waals surface area contributed by atoms with Crippen LogP contribution in [-0.4, -0.2) is 36.6 Å². The van der Waals surface area contributed by atoms with Gasteiger partial charge in [0.1, 0.15) is 0 Å². The predicted molar refractivity (Wildman–Crippen MR) is 115 cm³/mol. The van der Waals surface area contributed by atoms with E-state index in [1.165, 1.54) is 5.56 Å². The molecular formula is C22H24Cl2N2O2. The fourth-order valence-corrected chi connectivity index (χ4v) is 4.00. The Morgan fingerprint density at radius 2 is 2.00 bits per heavy atom. The molecule has 0 bridgehead atoms. The highest BCUT2D eigenvalue weighted by atomic mass is 35.5. The van der Waals surface area contributed by atoms with E-state index in [9.17, 15) is 4.79 Å². The molecule has 28 heavy (non-hydrogen) atoms. The lowest BCUT2D eigenvalue weighted by molar-refractivity contribution is -0.120. The van der Waals surface area contributed by atoms with Gasteiger partial charge in [0.05, 0.1) is 6.04 Å². The molecule has 4 nitrogen and oxygen atoms in total. The summed E-state index contributed by atoms with van der Waals surface area (Å²) in [6, 6.07) is 13.4. The summed E-state index contributed by atoms with van der Waals surface area (Å²) < 4.78 is 4.69. The Labute approximate surface area is 175 Å². The molecule has 6 heteroatoms. The number of amides is 1. The Kier molecular flexibility index (Phi) is 7.00. The van der Waals surface area contributed by atoms with Gasteiger partial charge in [0.15, 0.2) is 0 Å². The van der Waals surface area contributed by atoms with Crippen molar-refractivity contribution >= 4 is 40.5 Å². The van der Waals surface area contributed by atoms with Crippen molar-refractivity contribution in [3.05, 3.63) is 69.3 Å². The van der Waals surface area contributed by atoms with Gasteiger partial charge in [-0.2, -0.15) is 0 Å². The van der Waals surface area contributed by atoms with Gasteiger partial charge in [-0.1, -0.05) is 42.3 Å². The smallest absolute Gasteiger partial charge is 0.210 e. The molecule has 2 heterocycles. The quantitative estimate of drug-likeness (QED) is 0.558. The highest BCUT2D eigenvalue weighted by Gasteiger charge is 2.31. The van der Waals surface area contributed by atoms with E-state index in [0.29, 0.717) is 11.6 Å². The standard InChI is InChI=1S/C18H14Cl2N2O.C4H10O/c19-12-3-1-2-11(8-12)18-17-14(6-7-22(18)10-23)15-9-13(20)4-5-16(15)21-17;1-3-4-5-2/h1-5,8-10,18,21H,6-7H2;3-4H2,1-2H3. The molecular weight excluding hydrogens is 395 g/mol. The number of H-pyrrole nitrogens is 1. The first-order valence-electron chi connectivity index (χ1n) is 9.34. The minimum absolute atomic E-state index is 0.152. The molecule has 0 aliphatic carbocycles. The van der Waals surface area contributed by atoms with E-state index in [1.54, 1.807) is 7.11 Å². The second-order valence-corrected chi connectivity index (χ2v) is 7.62. The molecule has 1 aliphatic rings. The summed E-state index contributed by atoms with van der Waals surface area (Å²) in [5.41, 5.74) is 4.32. The van der Waals surface area contributed by atoms with E-state index in [2.05, 4.69) is 11.9 Å². The van der Waals surface area contributed by atoms with Gasteiger partial charge in [-0.3, -0.25) is 4.79 Å². The molecule has 1 atom stereocenters. The number of methoxy groups -OCH3 is 1. The fourth-order valence-electron chi connectivity index (χ4n) is 3.63. The van der Waals surface area contributed by atoms with Gasteiger partial charge in [-0.25, -0.2) is 0 Å². The number of nitrogens with one attached hydrogen (secondary N) is 1. The molecule has 4 rings (SSSR count). The predicted octanol–water partition coefficient (Wildman–Crippen LogP) is 5.62. The molecule has 148 valence electrons. The SMILES string of the molecule is CCCOC.O=CN1CCc2c([nH]c3ccc(Cl)cc23)C1c1cccc(Cl)c1. The normalized spacial score (nSPS) is 15.7. The molecule has 2 aromatic carbocycles. The number of aromatic nitrogens is 1. The first kappa shape index (κ1) is 20.7. The Bertz CT molecular complexity index is 953. The molecule has 0 saturated heterocycles. The summed E-state index contributed by atoms with van der Waals surface area (Å²) in [6.45, 7) is 3.65. The fraction of sp³-hybridized carbons (Fsp3) is 0.318. The van der Waals surface area contributed by atoms with Crippen molar-refractivity contribution in [2.75, 3.05) is 20.3 Å². The number of rotatable bonds is 4. The number of hydrogen-bond acceptors (Lipinski definition) is 2. The number of hydrogen-bond donors (Lipinski definition) is 1.